The predicted molar refractivity (Wildman–Crippen MR) is 106 cm³/mol. The van der Waals surface area contributed by atoms with Crippen molar-refractivity contribution in [3.05, 3.63) is 71.3 Å². The van der Waals surface area contributed by atoms with E-state index in [2.05, 4.69) is 10.6 Å². The van der Waals surface area contributed by atoms with Gasteiger partial charge in [0.05, 0.1) is 12.2 Å². The van der Waals surface area contributed by atoms with Crippen LogP contribution < -0.4 is 15.4 Å². The molecule has 5 heteroatoms. The molecule has 0 bridgehead atoms. The molecule has 27 heavy (non-hydrogen) atoms. The number of carbonyl (C=O) groups is 2. The van der Waals surface area contributed by atoms with E-state index in [-0.39, 0.29) is 11.8 Å². The molecule has 0 fully saturated rings. The molecule has 136 valence electrons. The van der Waals surface area contributed by atoms with Gasteiger partial charge in [-0.05, 0) is 47.9 Å². The number of hydrogen-bond donors (Lipinski definition) is 2. The van der Waals surface area contributed by atoms with Gasteiger partial charge in [-0.3, -0.25) is 9.59 Å². The van der Waals surface area contributed by atoms with E-state index in [1.807, 2.05) is 55.5 Å². The zero-order valence-corrected chi connectivity index (χ0v) is 15.0. The number of benzene rings is 3. The standard InChI is InChI=1S/C22H20N2O3/c1-2-27-19-10-8-14-5-3-4-6-17(14)20(19)22(26)24-16-9-7-15-11-12-23-21(25)18(15)13-16/h3-10,13H,2,11-12H2,1H3,(H,23,25)(H,24,26). The molecule has 0 saturated heterocycles. The Bertz CT molecular complexity index is 1040. The topological polar surface area (TPSA) is 67.4 Å². The number of rotatable bonds is 4. The second-order valence-electron chi connectivity index (χ2n) is 6.42. The molecule has 1 aliphatic heterocycles. The van der Waals surface area contributed by atoms with Crippen LogP contribution in [-0.4, -0.2) is 25.0 Å². The van der Waals surface area contributed by atoms with Gasteiger partial charge in [0.1, 0.15) is 5.75 Å². The summed E-state index contributed by atoms with van der Waals surface area (Å²) in [6.07, 6.45) is 0.799. The minimum Gasteiger partial charge on any atom is -0.493 e. The lowest BCUT2D eigenvalue weighted by molar-refractivity contribution is 0.0944. The minimum atomic E-state index is -0.258. The molecule has 5 nitrogen and oxygen atoms in total. The number of anilines is 1. The molecule has 0 spiro atoms. The van der Waals surface area contributed by atoms with E-state index in [1.54, 1.807) is 6.07 Å². The van der Waals surface area contributed by atoms with E-state index in [9.17, 15) is 9.59 Å². The van der Waals surface area contributed by atoms with Crippen LogP contribution in [0.5, 0.6) is 5.75 Å². The fraction of sp³-hybridized carbons (Fsp3) is 0.182. The van der Waals surface area contributed by atoms with Gasteiger partial charge in [-0.1, -0.05) is 36.4 Å². The second-order valence-corrected chi connectivity index (χ2v) is 6.42. The van der Waals surface area contributed by atoms with Crippen molar-refractivity contribution in [3.8, 4) is 5.75 Å². The van der Waals surface area contributed by atoms with E-state index in [0.29, 0.717) is 35.7 Å². The third kappa shape index (κ3) is 3.24. The average Bonchev–Trinajstić information content (AvgIpc) is 2.68. The number of carbonyl (C=O) groups excluding carboxylic acids is 2. The number of nitrogens with one attached hydrogen (secondary N) is 2. The van der Waals surface area contributed by atoms with Gasteiger partial charge in [-0.25, -0.2) is 0 Å². The Balaban J connectivity index is 1.72. The van der Waals surface area contributed by atoms with Crippen molar-refractivity contribution in [3.63, 3.8) is 0 Å². The van der Waals surface area contributed by atoms with E-state index in [4.69, 9.17) is 4.74 Å². The Morgan fingerprint density at radius 2 is 2.00 bits per heavy atom. The van der Waals surface area contributed by atoms with E-state index < -0.39 is 0 Å². The molecule has 3 aromatic rings. The van der Waals surface area contributed by atoms with Crippen molar-refractivity contribution in [1.82, 2.24) is 5.32 Å². The van der Waals surface area contributed by atoms with Gasteiger partial charge >= 0.3 is 0 Å². The molecule has 0 atom stereocenters. The molecular weight excluding hydrogens is 340 g/mol. The van der Waals surface area contributed by atoms with Crippen LogP contribution in [0.4, 0.5) is 5.69 Å². The van der Waals surface area contributed by atoms with Gasteiger partial charge in [0.15, 0.2) is 0 Å². The van der Waals surface area contributed by atoms with E-state index in [0.717, 1.165) is 22.8 Å². The summed E-state index contributed by atoms with van der Waals surface area (Å²) in [5.74, 6) is 0.184. The van der Waals surface area contributed by atoms with Crippen molar-refractivity contribution < 1.29 is 14.3 Å². The number of amides is 2. The molecule has 3 aromatic carbocycles. The highest BCUT2D eigenvalue weighted by molar-refractivity contribution is 6.15. The van der Waals surface area contributed by atoms with Crippen molar-refractivity contribution in [2.45, 2.75) is 13.3 Å². The normalized spacial score (nSPS) is 13.0. The van der Waals surface area contributed by atoms with Crippen LogP contribution in [0.3, 0.4) is 0 Å². The lowest BCUT2D eigenvalue weighted by Gasteiger charge is -2.18. The first-order chi connectivity index (χ1) is 13.2. The molecule has 0 aliphatic carbocycles. The van der Waals surface area contributed by atoms with Crippen LogP contribution in [0.25, 0.3) is 10.8 Å². The second kappa shape index (κ2) is 7.11. The summed E-state index contributed by atoms with van der Waals surface area (Å²) >= 11 is 0. The Kier molecular flexibility index (Phi) is 4.50. The Morgan fingerprint density at radius 1 is 1.15 bits per heavy atom. The smallest absolute Gasteiger partial charge is 0.260 e. The number of hydrogen-bond acceptors (Lipinski definition) is 3. The van der Waals surface area contributed by atoms with Crippen LogP contribution in [0.1, 0.15) is 33.2 Å². The number of fused-ring (bicyclic) bond motifs is 2. The molecule has 1 heterocycles. The maximum atomic E-state index is 13.1. The molecule has 0 radical (unpaired) electrons. The fourth-order valence-electron chi connectivity index (χ4n) is 3.44. The van der Waals surface area contributed by atoms with Crippen LogP contribution >= 0.6 is 0 Å². The Morgan fingerprint density at radius 3 is 2.85 bits per heavy atom. The van der Waals surface area contributed by atoms with Gasteiger partial charge in [-0.2, -0.15) is 0 Å². The largest absolute Gasteiger partial charge is 0.493 e. The minimum absolute atomic E-state index is 0.104. The summed E-state index contributed by atoms with van der Waals surface area (Å²) in [5.41, 5.74) is 2.70. The zero-order valence-electron chi connectivity index (χ0n) is 15.0. The third-order valence-electron chi connectivity index (χ3n) is 4.71. The molecule has 2 amide bonds. The van der Waals surface area contributed by atoms with Crippen LogP contribution in [0, 0.1) is 0 Å². The Labute approximate surface area is 157 Å². The van der Waals surface area contributed by atoms with Crippen LogP contribution in [-0.2, 0) is 6.42 Å². The van der Waals surface area contributed by atoms with Crippen LogP contribution in [0.15, 0.2) is 54.6 Å². The molecule has 1 aliphatic rings. The lowest BCUT2D eigenvalue weighted by Crippen LogP contribution is -2.31. The van der Waals surface area contributed by atoms with Crippen molar-refractivity contribution in [2.75, 3.05) is 18.5 Å². The molecule has 0 saturated carbocycles. The maximum Gasteiger partial charge on any atom is 0.260 e. The molecule has 2 N–H and O–H groups in total. The first kappa shape index (κ1) is 17.1. The first-order valence-electron chi connectivity index (χ1n) is 9.04. The van der Waals surface area contributed by atoms with Gasteiger partial charge < -0.3 is 15.4 Å². The van der Waals surface area contributed by atoms with Crippen molar-refractivity contribution in [1.29, 1.82) is 0 Å². The highest BCUT2D eigenvalue weighted by atomic mass is 16.5. The molecule has 4 rings (SSSR count). The summed E-state index contributed by atoms with van der Waals surface area (Å²) in [6, 6.07) is 16.9. The highest BCUT2D eigenvalue weighted by Gasteiger charge is 2.20. The SMILES string of the molecule is CCOc1ccc2ccccc2c1C(=O)Nc1ccc2c(c1)C(=O)NCC2. The van der Waals surface area contributed by atoms with Crippen molar-refractivity contribution in [2.24, 2.45) is 0 Å². The van der Waals surface area contributed by atoms with Crippen LogP contribution in [0.2, 0.25) is 0 Å². The fourth-order valence-corrected chi connectivity index (χ4v) is 3.44. The van der Waals surface area contributed by atoms with Gasteiger partial charge in [0, 0.05) is 17.8 Å². The monoisotopic (exact) mass is 360 g/mol. The van der Waals surface area contributed by atoms with E-state index in [1.165, 1.54) is 0 Å². The first-order valence-corrected chi connectivity index (χ1v) is 9.04. The van der Waals surface area contributed by atoms with Gasteiger partial charge in [0.2, 0.25) is 0 Å². The lowest BCUT2D eigenvalue weighted by atomic mass is 9.99. The molecule has 0 unspecified atom stereocenters. The molecule has 0 aromatic heterocycles. The predicted octanol–water partition coefficient (Wildman–Crippen LogP) is 3.78. The molecular formula is C22H20N2O3. The van der Waals surface area contributed by atoms with Crippen molar-refractivity contribution >= 4 is 28.3 Å². The summed E-state index contributed by atoms with van der Waals surface area (Å²) in [7, 11) is 0. The van der Waals surface area contributed by atoms with Gasteiger partial charge in [0.25, 0.3) is 11.8 Å². The summed E-state index contributed by atoms with van der Waals surface area (Å²) < 4.78 is 5.69. The van der Waals surface area contributed by atoms with E-state index >= 15 is 0 Å². The summed E-state index contributed by atoms with van der Waals surface area (Å²) in [6.45, 7) is 3.00. The summed E-state index contributed by atoms with van der Waals surface area (Å²) in [4.78, 5) is 25.1. The summed E-state index contributed by atoms with van der Waals surface area (Å²) in [5, 5.41) is 7.55. The highest BCUT2D eigenvalue weighted by Crippen LogP contribution is 2.29. The Hall–Kier alpha value is -3.34. The number of ether oxygens (including phenoxy) is 1. The van der Waals surface area contributed by atoms with Gasteiger partial charge in [-0.15, -0.1) is 0 Å². The third-order valence-corrected chi connectivity index (χ3v) is 4.71. The quantitative estimate of drug-likeness (QED) is 0.744. The zero-order chi connectivity index (χ0) is 18.8. The average molecular weight is 360 g/mol. The maximum absolute atomic E-state index is 13.1.